The maximum Gasteiger partial charge on any atom is 0.214 e. The summed E-state index contributed by atoms with van der Waals surface area (Å²) in [5.41, 5.74) is 2.05. The number of fused-ring (bicyclic) bond motifs is 1. The standard InChI is InChI=1S/C19H18N2O/c1-2-19(15-6-4-3-5-7-15)21(14-22)18-9-8-17-13-20-11-10-16(17)12-18/h3-14,19H,2H2,1H3. The predicted molar refractivity (Wildman–Crippen MR) is 89.8 cm³/mol. The van der Waals surface area contributed by atoms with Gasteiger partial charge in [-0.2, -0.15) is 0 Å². The first-order valence-corrected chi connectivity index (χ1v) is 7.46. The molecule has 0 aliphatic carbocycles. The van der Waals surface area contributed by atoms with Crippen LogP contribution >= 0.6 is 0 Å². The van der Waals surface area contributed by atoms with Gasteiger partial charge < -0.3 is 4.90 Å². The molecule has 0 spiro atoms. The molecule has 0 fully saturated rings. The third-order valence-corrected chi connectivity index (χ3v) is 3.94. The molecule has 1 aromatic heterocycles. The normalized spacial score (nSPS) is 12.0. The van der Waals surface area contributed by atoms with Crippen LogP contribution in [0.5, 0.6) is 0 Å². The molecule has 0 radical (unpaired) electrons. The molecule has 0 bridgehead atoms. The Morgan fingerprint density at radius 3 is 2.64 bits per heavy atom. The molecule has 0 aliphatic rings. The van der Waals surface area contributed by atoms with Crippen molar-refractivity contribution in [2.24, 2.45) is 0 Å². The highest BCUT2D eigenvalue weighted by molar-refractivity contribution is 5.88. The molecule has 1 amide bonds. The van der Waals surface area contributed by atoms with Gasteiger partial charge in [0.05, 0.1) is 6.04 Å². The number of carbonyl (C=O) groups is 1. The van der Waals surface area contributed by atoms with Gasteiger partial charge >= 0.3 is 0 Å². The summed E-state index contributed by atoms with van der Waals surface area (Å²) in [7, 11) is 0. The molecule has 1 atom stereocenters. The molecule has 0 saturated carbocycles. The third-order valence-electron chi connectivity index (χ3n) is 3.94. The van der Waals surface area contributed by atoms with Crippen LogP contribution in [0.3, 0.4) is 0 Å². The van der Waals surface area contributed by atoms with E-state index in [-0.39, 0.29) is 6.04 Å². The lowest BCUT2D eigenvalue weighted by Crippen LogP contribution is -2.26. The van der Waals surface area contributed by atoms with E-state index in [2.05, 4.69) is 24.0 Å². The number of aromatic nitrogens is 1. The zero-order valence-corrected chi connectivity index (χ0v) is 12.5. The minimum atomic E-state index is 0.0398. The van der Waals surface area contributed by atoms with E-state index in [4.69, 9.17) is 0 Å². The highest BCUT2D eigenvalue weighted by Gasteiger charge is 2.18. The van der Waals surface area contributed by atoms with E-state index >= 15 is 0 Å². The van der Waals surface area contributed by atoms with Gasteiger partial charge in [0.15, 0.2) is 0 Å². The van der Waals surface area contributed by atoms with E-state index in [1.165, 1.54) is 0 Å². The van der Waals surface area contributed by atoms with E-state index in [0.29, 0.717) is 0 Å². The molecular formula is C19H18N2O. The summed E-state index contributed by atoms with van der Waals surface area (Å²) in [5.74, 6) is 0. The van der Waals surface area contributed by atoms with Crippen LogP contribution in [0, 0.1) is 0 Å². The third kappa shape index (κ3) is 2.70. The van der Waals surface area contributed by atoms with Crippen LogP contribution in [-0.2, 0) is 4.79 Å². The highest BCUT2D eigenvalue weighted by atomic mass is 16.1. The van der Waals surface area contributed by atoms with Crippen molar-refractivity contribution in [1.82, 2.24) is 4.98 Å². The molecule has 0 N–H and O–H groups in total. The Balaban J connectivity index is 2.02. The molecule has 110 valence electrons. The van der Waals surface area contributed by atoms with E-state index in [1.807, 2.05) is 48.7 Å². The molecule has 1 unspecified atom stereocenters. The second-order valence-electron chi connectivity index (χ2n) is 5.25. The summed E-state index contributed by atoms with van der Waals surface area (Å²) in [6, 6.07) is 18.2. The number of carbonyl (C=O) groups excluding carboxylic acids is 1. The number of anilines is 1. The average molecular weight is 290 g/mol. The Morgan fingerprint density at radius 1 is 1.09 bits per heavy atom. The average Bonchev–Trinajstić information content (AvgIpc) is 2.60. The SMILES string of the molecule is CCC(c1ccccc1)N(C=O)c1ccc2cnccc2c1. The smallest absolute Gasteiger partial charge is 0.214 e. The molecule has 3 aromatic rings. The van der Waals surface area contributed by atoms with Gasteiger partial charge in [0, 0.05) is 23.5 Å². The first-order chi connectivity index (χ1) is 10.8. The number of rotatable bonds is 5. The Bertz CT molecular complexity index is 771. The lowest BCUT2D eigenvalue weighted by Gasteiger charge is -2.28. The van der Waals surface area contributed by atoms with Crippen LogP contribution in [0.25, 0.3) is 10.8 Å². The topological polar surface area (TPSA) is 33.2 Å². The Hall–Kier alpha value is -2.68. The van der Waals surface area contributed by atoms with Crippen LogP contribution < -0.4 is 4.90 Å². The largest absolute Gasteiger partial charge is 0.307 e. The number of hydrogen-bond donors (Lipinski definition) is 0. The quantitative estimate of drug-likeness (QED) is 0.654. The summed E-state index contributed by atoms with van der Waals surface area (Å²) in [5, 5.41) is 2.16. The van der Waals surface area contributed by atoms with Gasteiger partial charge in [-0.1, -0.05) is 43.3 Å². The summed E-state index contributed by atoms with van der Waals surface area (Å²) >= 11 is 0. The number of nitrogens with zero attached hydrogens (tertiary/aromatic N) is 2. The van der Waals surface area contributed by atoms with Gasteiger partial charge in [0.2, 0.25) is 6.41 Å². The van der Waals surface area contributed by atoms with Crippen LogP contribution in [-0.4, -0.2) is 11.4 Å². The second kappa shape index (κ2) is 6.39. The lowest BCUT2D eigenvalue weighted by molar-refractivity contribution is -0.107. The molecule has 3 heteroatoms. The van der Waals surface area contributed by atoms with Gasteiger partial charge in [-0.25, -0.2) is 0 Å². The molecular weight excluding hydrogens is 272 g/mol. The Labute approximate surface area is 130 Å². The van der Waals surface area contributed by atoms with E-state index in [1.54, 1.807) is 11.1 Å². The summed E-state index contributed by atoms with van der Waals surface area (Å²) < 4.78 is 0. The van der Waals surface area contributed by atoms with Crippen molar-refractivity contribution in [1.29, 1.82) is 0 Å². The van der Waals surface area contributed by atoms with Crippen LogP contribution in [0.2, 0.25) is 0 Å². The molecule has 3 nitrogen and oxygen atoms in total. The summed E-state index contributed by atoms with van der Waals surface area (Å²) in [6.45, 7) is 2.10. The second-order valence-corrected chi connectivity index (χ2v) is 5.25. The number of benzene rings is 2. The predicted octanol–water partition coefficient (Wildman–Crippen LogP) is 4.35. The number of pyridine rings is 1. The van der Waals surface area contributed by atoms with Crippen molar-refractivity contribution in [3.05, 3.63) is 72.6 Å². The summed E-state index contributed by atoms with van der Waals surface area (Å²) in [4.78, 5) is 17.7. The van der Waals surface area contributed by atoms with Crippen molar-refractivity contribution in [3.8, 4) is 0 Å². The van der Waals surface area contributed by atoms with Crippen LogP contribution in [0.15, 0.2) is 67.0 Å². The number of amides is 1. The Morgan fingerprint density at radius 2 is 1.91 bits per heavy atom. The fourth-order valence-electron chi connectivity index (χ4n) is 2.81. The van der Waals surface area contributed by atoms with Gasteiger partial charge in [0.25, 0.3) is 0 Å². The van der Waals surface area contributed by atoms with E-state index in [9.17, 15) is 4.79 Å². The van der Waals surface area contributed by atoms with Crippen molar-refractivity contribution >= 4 is 22.9 Å². The molecule has 1 heterocycles. The zero-order chi connectivity index (χ0) is 15.4. The van der Waals surface area contributed by atoms with E-state index in [0.717, 1.165) is 34.9 Å². The molecule has 0 aliphatic heterocycles. The molecule has 3 rings (SSSR count). The van der Waals surface area contributed by atoms with Gasteiger partial charge in [-0.15, -0.1) is 0 Å². The lowest BCUT2D eigenvalue weighted by atomic mass is 10.0. The van der Waals surface area contributed by atoms with Crippen LogP contribution in [0.1, 0.15) is 24.9 Å². The van der Waals surface area contributed by atoms with Gasteiger partial charge in [-0.3, -0.25) is 9.78 Å². The highest BCUT2D eigenvalue weighted by Crippen LogP contribution is 2.30. The van der Waals surface area contributed by atoms with Crippen molar-refractivity contribution in [3.63, 3.8) is 0 Å². The summed E-state index contributed by atoms with van der Waals surface area (Å²) in [6.07, 6.45) is 5.38. The fourth-order valence-corrected chi connectivity index (χ4v) is 2.81. The van der Waals surface area contributed by atoms with Gasteiger partial charge in [-0.05, 0) is 35.6 Å². The zero-order valence-electron chi connectivity index (χ0n) is 12.5. The van der Waals surface area contributed by atoms with E-state index < -0.39 is 0 Å². The maximum absolute atomic E-state index is 11.7. The monoisotopic (exact) mass is 290 g/mol. The van der Waals surface area contributed by atoms with Gasteiger partial charge in [0.1, 0.15) is 0 Å². The maximum atomic E-state index is 11.7. The molecule has 2 aromatic carbocycles. The van der Waals surface area contributed by atoms with Crippen LogP contribution in [0.4, 0.5) is 5.69 Å². The minimum Gasteiger partial charge on any atom is -0.307 e. The first-order valence-electron chi connectivity index (χ1n) is 7.46. The first kappa shape index (κ1) is 14.3. The van der Waals surface area contributed by atoms with Crippen molar-refractivity contribution < 1.29 is 4.79 Å². The van der Waals surface area contributed by atoms with Crippen molar-refractivity contribution in [2.75, 3.05) is 4.90 Å². The van der Waals surface area contributed by atoms with Crippen molar-refractivity contribution in [2.45, 2.75) is 19.4 Å². The fraction of sp³-hybridized carbons (Fsp3) is 0.158. The molecule has 0 saturated heterocycles. The number of hydrogen-bond acceptors (Lipinski definition) is 2. The Kier molecular flexibility index (Phi) is 4.15. The minimum absolute atomic E-state index is 0.0398. The molecule has 22 heavy (non-hydrogen) atoms.